The zero-order chi connectivity index (χ0) is 59.6. The number of esters is 4. The van der Waals surface area contributed by atoms with Gasteiger partial charge in [-0.15, -0.1) is 0 Å². The molecule has 8 rings (SSSR count). The lowest BCUT2D eigenvalue weighted by Crippen LogP contribution is -2.46. The summed E-state index contributed by atoms with van der Waals surface area (Å²) < 4.78 is 25.8. The minimum absolute atomic E-state index is 0.114. The largest absolute Gasteiger partial charge is 0.464 e. The molecule has 0 bridgehead atoms. The molecule has 8 aliphatic rings. The number of unbranched alkanes of at least 4 members (excludes halogenated alkanes) is 8. The second-order valence-corrected chi connectivity index (χ2v) is 31.5. The average molecular weight is 1190 g/mol. The molecular weight excluding hydrogens is 1050 g/mol. The van der Waals surface area contributed by atoms with E-state index in [9.17, 15) is 19.2 Å². The molecule has 8 fully saturated rings. The first-order valence-electron chi connectivity index (χ1n) is 38.2. The van der Waals surface area contributed by atoms with Crippen LogP contribution in [0.4, 0.5) is 0 Å². The van der Waals surface area contributed by atoms with Crippen LogP contribution in [0, 0.1) is 100 Å². The molecule has 8 saturated carbocycles. The highest BCUT2D eigenvalue weighted by Crippen LogP contribution is 2.47. The molecule has 0 spiro atoms. The summed E-state index contributed by atoms with van der Waals surface area (Å²) in [6, 6.07) is 0. The van der Waals surface area contributed by atoms with Crippen molar-refractivity contribution in [3.8, 4) is 0 Å². The molecular formula is C77H132O8. The number of ether oxygens (including phenoxy) is 4. The molecule has 0 aromatic carbocycles. The van der Waals surface area contributed by atoms with E-state index in [0.29, 0.717) is 23.7 Å². The maximum Gasteiger partial charge on any atom is 0.308 e. The molecule has 0 atom stereocenters. The molecule has 0 aromatic rings. The minimum Gasteiger partial charge on any atom is -0.464 e. The van der Waals surface area contributed by atoms with Gasteiger partial charge in [0.2, 0.25) is 0 Å². The van der Waals surface area contributed by atoms with E-state index in [1.165, 1.54) is 205 Å². The highest BCUT2D eigenvalue weighted by molar-refractivity contribution is 5.74. The Morgan fingerprint density at radius 2 is 0.412 bits per heavy atom. The topological polar surface area (TPSA) is 105 Å². The van der Waals surface area contributed by atoms with Crippen LogP contribution in [0.25, 0.3) is 0 Å². The van der Waals surface area contributed by atoms with Gasteiger partial charge in [-0.1, -0.05) is 182 Å². The van der Waals surface area contributed by atoms with E-state index < -0.39 is 5.41 Å². The van der Waals surface area contributed by atoms with Crippen LogP contribution in [0.1, 0.15) is 336 Å². The van der Waals surface area contributed by atoms with Crippen molar-refractivity contribution >= 4 is 23.9 Å². The Balaban J connectivity index is 0.903. The molecule has 0 saturated heterocycles. The third kappa shape index (κ3) is 22.1. The smallest absolute Gasteiger partial charge is 0.308 e. The fourth-order valence-electron chi connectivity index (χ4n) is 19.4. The first-order valence-corrected chi connectivity index (χ1v) is 38.2. The molecule has 8 aliphatic carbocycles. The zero-order valence-electron chi connectivity index (χ0n) is 55.8. The summed E-state index contributed by atoms with van der Waals surface area (Å²) in [5, 5.41) is 0. The van der Waals surface area contributed by atoms with E-state index in [0.717, 1.165) is 150 Å². The van der Waals surface area contributed by atoms with Crippen LogP contribution in [-0.2, 0) is 38.1 Å². The lowest BCUT2D eigenvalue weighted by Gasteiger charge is -2.39. The molecule has 0 N–H and O–H groups in total. The lowest BCUT2D eigenvalue weighted by atomic mass is 9.68. The van der Waals surface area contributed by atoms with E-state index in [2.05, 4.69) is 27.7 Å². The minimum atomic E-state index is -1.21. The predicted molar refractivity (Wildman–Crippen MR) is 346 cm³/mol. The summed E-state index contributed by atoms with van der Waals surface area (Å²) in [5.74, 6) is 7.81. The molecule has 8 nitrogen and oxygen atoms in total. The first kappa shape index (κ1) is 68.8. The Morgan fingerprint density at radius 3 is 0.576 bits per heavy atom. The van der Waals surface area contributed by atoms with Gasteiger partial charge in [0.05, 0.1) is 23.7 Å². The molecule has 0 unspecified atom stereocenters. The summed E-state index contributed by atoms with van der Waals surface area (Å²) in [6.45, 7) is 8.74. The molecule has 0 aliphatic heterocycles. The van der Waals surface area contributed by atoms with E-state index in [1.54, 1.807) is 0 Å². The number of hydrogen-bond donors (Lipinski definition) is 0. The number of rotatable bonds is 32. The number of carbonyl (C=O) groups is 4. The van der Waals surface area contributed by atoms with Gasteiger partial charge in [-0.3, -0.25) is 19.2 Å². The number of hydrogen-bond acceptors (Lipinski definition) is 8. The van der Waals surface area contributed by atoms with Crippen molar-refractivity contribution in [1.29, 1.82) is 0 Å². The monoisotopic (exact) mass is 1180 g/mol. The van der Waals surface area contributed by atoms with Crippen LogP contribution >= 0.6 is 0 Å². The van der Waals surface area contributed by atoms with Crippen molar-refractivity contribution in [2.45, 2.75) is 336 Å². The molecule has 0 heterocycles. The van der Waals surface area contributed by atoms with Crippen LogP contribution in [-0.4, -0.2) is 50.3 Å². The fourth-order valence-corrected chi connectivity index (χ4v) is 19.4. The second kappa shape index (κ2) is 37.3. The van der Waals surface area contributed by atoms with Gasteiger partial charge >= 0.3 is 23.9 Å². The summed E-state index contributed by atoms with van der Waals surface area (Å²) in [7, 11) is 0. The average Bonchev–Trinajstić information content (AvgIpc) is 3.72. The molecule has 85 heavy (non-hydrogen) atoms. The molecule has 0 amide bonds. The van der Waals surface area contributed by atoms with Gasteiger partial charge in [0.15, 0.2) is 0 Å². The fraction of sp³-hybridized carbons (Fsp3) is 0.948. The maximum atomic E-state index is 14.4. The van der Waals surface area contributed by atoms with Crippen LogP contribution in [0.3, 0.4) is 0 Å². The van der Waals surface area contributed by atoms with Crippen molar-refractivity contribution in [2.24, 2.45) is 100 Å². The lowest BCUT2D eigenvalue weighted by molar-refractivity contribution is -0.177. The summed E-state index contributed by atoms with van der Waals surface area (Å²) in [4.78, 5) is 57.7. The van der Waals surface area contributed by atoms with Gasteiger partial charge in [-0.2, -0.15) is 0 Å². The number of carbonyl (C=O) groups excluding carboxylic acids is 4. The Morgan fingerprint density at radius 1 is 0.247 bits per heavy atom. The van der Waals surface area contributed by atoms with Gasteiger partial charge < -0.3 is 18.9 Å². The van der Waals surface area contributed by atoms with Crippen molar-refractivity contribution < 1.29 is 38.1 Å². The maximum absolute atomic E-state index is 14.4. The Kier molecular flexibility index (Phi) is 30.2. The van der Waals surface area contributed by atoms with Gasteiger partial charge in [-0.25, -0.2) is 0 Å². The van der Waals surface area contributed by atoms with Gasteiger partial charge in [0, 0.05) is 0 Å². The quantitative estimate of drug-likeness (QED) is 0.0373. The Bertz CT molecular complexity index is 1580. The Labute approximate surface area is 522 Å². The molecule has 8 heteroatoms. The summed E-state index contributed by atoms with van der Waals surface area (Å²) >= 11 is 0. The van der Waals surface area contributed by atoms with Crippen molar-refractivity contribution in [3.63, 3.8) is 0 Å². The van der Waals surface area contributed by atoms with Gasteiger partial charge in [0.1, 0.15) is 31.8 Å². The van der Waals surface area contributed by atoms with Crippen LogP contribution in [0.15, 0.2) is 0 Å². The highest BCUT2D eigenvalue weighted by atomic mass is 16.6. The molecule has 0 aromatic heterocycles. The second-order valence-electron chi connectivity index (χ2n) is 31.5. The molecule has 488 valence electrons. The summed E-state index contributed by atoms with van der Waals surface area (Å²) in [6.07, 6.45) is 58.4. The van der Waals surface area contributed by atoms with Crippen molar-refractivity contribution in [2.75, 3.05) is 26.4 Å². The van der Waals surface area contributed by atoms with E-state index in [-0.39, 0.29) is 74.0 Å². The first-order chi connectivity index (χ1) is 41.5. The third-order valence-electron chi connectivity index (χ3n) is 25.6. The zero-order valence-corrected chi connectivity index (χ0v) is 55.8. The SMILES string of the molecule is CCCCCC1CCC(C2CCC(C(=O)OCC(COC(=O)C3CCC(C4CCC(CCCCC)CC4)CC3)(COC(=O)C3CCC(C4CCC(CCCCC)CC4)CC3)COC(=O)C3CCC(C4CCC(CCCCC)CC4)CC3)CC2)CC1. The van der Waals surface area contributed by atoms with Gasteiger partial charge in [0.25, 0.3) is 0 Å². The van der Waals surface area contributed by atoms with Crippen LogP contribution in [0.5, 0.6) is 0 Å². The van der Waals surface area contributed by atoms with Crippen molar-refractivity contribution in [3.05, 3.63) is 0 Å². The van der Waals surface area contributed by atoms with E-state index in [1.807, 2.05) is 0 Å². The van der Waals surface area contributed by atoms with Crippen molar-refractivity contribution in [1.82, 2.24) is 0 Å². The Hall–Kier alpha value is -2.12. The highest BCUT2D eigenvalue weighted by Gasteiger charge is 2.44. The van der Waals surface area contributed by atoms with E-state index in [4.69, 9.17) is 18.9 Å². The normalized spacial score (nSPS) is 34.8. The van der Waals surface area contributed by atoms with Crippen LogP contribution < -0.4 is 0 Å². The standard InChI is InChI=1S/C77H132O8/c1-5-9-13-17-57-21-29-61(30-22-57)65-37-45-69(46-38-65)73(78)82-53-77(54-83-74(79)70-47-39-66(40-48-70)62-31-23-58(24-32-62)18-14-10-6-2,55-84-75(80)71-49-41-67(42-50-71)63-33-25-59(26-34-63)19-15-11-7-3)56-85-76(81)72-51-43-68(44-52-72)64-35-27-60(28-36-64)20-16-12-8-4/h57-72H,5-56H2,1-4H3. The molecule has 0 radical (unpaired) electrons. The predicted octanol–water partition coefficient (Wildman–Crippen LogP) is 20.9. The summed E-state index contributed by atoms with van der Waals surface area (Å²) in [5.41, 5.74) is -1.21. The van der Waals surface area contributed by atoms with E-state index >= 15 is 0 Å². The van der Waals surface area contributed by atoms with Crippen LogP contribution in [0.2, 0.25) is 0 Å². The van der Waals surface area contributed by atoms with Gasteiger partial charge in [-0.05, 0) is 225 Å². The third-order valence-corrected chi connectivity index (χ3v) is 25.6.